The van der Waals surface area contributed by atoms with E-state index in [0.717, 1.165) is 27.9 Å². The van der Waals surface area contributed by atoms with Crippen molar-refractivity contribution in [1.82, 2.24) is 25.3 Å². The zero-order valence-electron chi connectivity index (χ0n) is 12.5. The average molecular weight is 306 g/mol. The molecule has 4 aromatic rings. The number of hydrogen-bond acceptors (Lipinski definition) is 6. The molecule has 0 saturated heterocycles. The molecule has 0 amide bonds. The second-order valence-electron chi connectivity index (χ2n) is 5.09. The second kappa shape index (κ2) is 5.53. The van der Waals surface area contributed by atoms with E-state index in [4.69, 9.17) is 4.74 Å². The van der Waals surface area contributed by atoms with Crippen molar-refractivity contribution in [3.63, 3.8) is 0 Å². The molecule has 0 fully saturated rings. The van der Waals surface area contributed by atoms with Crippen LogP contribution in [0.3, 0.4) is 0 Å². The van der Waals surface area contributed by atoms with Crippen LogP contribution in [0.4, 0.5) is 5.82 Å². The maximum absolute atomic E-state index is 5.25. The Morgan fingerprint density at radius 1 is 1.09 bits per heavy atom. The van der Waals surface area contributed by atoms with Gasteiger partial charge in [-0.1, -0.05) is 36.4 Å². The summed E-state index contributed by atoms with van der Waals surface area (Å²) in [6, 6.07) is 15.8. The van der Waals surface area contributed by atoms with E-state index < -0.39 is 0 Å². The molecule has 0 aliphatic rings. The molecule has 0 bridgehead atoms. The highest BCUT2D eigenvalue weighted by molar-refractivity contribution is 5.99. The lowest BCUT2D eigenvalue weighted by Gasteiger charge is -2.10. The van der Waals surface area contributed by atoms with Crippen molar-refractivity contribution in [3.8, 4) is 5.75 Å². The Bertz CT molecular complexity index is 981. The van der Waals surface area contributed by atoms with Crippen molar-refractivity contribution >= 4 is 22.2 Å². The van der Waals surface area contributed by atoms with Gasteiger partial charge in [0.2, 0.25) is 5.65 Å². The van der Waals surface area contributed by atoms with Gasteiger partial charge >= 0.3 is 0 Å². The number of hydrogen-bond donors (Lipinski definition) is 1. The third-order valence-corrected chi connectivity index (χ3v) is 3.67. The molecule has 114 valence electrons. The molecule has 2 heterocycles. The minimum Gasteiger partial charge on any atom is -0.497 e. The average Bonchev–Trinajstić information content (AvgIpc) is 3.08. The predicted molar refractivity (Wildman–Crippen MR) is 86.4 cm³/mol. The van der Waals surface area contributed by atoms with Crippen molar-refractivity contribution in [1.29, 1.82) is 0 Å². The van der Waals surface area contributed by atoms with Crippen LogP contribution in [-0.2, 0) is 6.54 Å². The maximum Gasteiger partial charge on any atom is 0.207 e. The lowest BCUT2D eigenvalue weighted by Crippen LogP contribution is -2.06. The zero-order valence-corrected chi connectivity index (χ0v) is 12.5. The quantitative estimate of drug-likeness (QED) is 0.623. The van der Waals surface area contributed by atoms with E-state index in [1.165, 1.54) is 4.63 Å². The Kier molecular flexibility index (Phi) is 3.23. The van der Waals surface area contributed by atoms with Crippen LogP contribution in [0.2, 0.25) is 0 Å². The summed E-state index contributed by atoms with van der Waals surface area (Å²) in [5.74, 6) is 1.57. The summed E-state index contributed by atoms with van der Waals surface area (Å²) in [7, 11) is 1.66. The second-order valence-corrected chi connectivity index (χ2v) is 5.09. The highest BCUT2D eigenvalue weighted by atomic mass is 16.5. The third kappa shape index (κ3) is 2.42. The molecule has 0 radical (unpaired) electrons. The van der Waals surface area contributed by atoms with Crippen molar-refractivity contribution in [2.75, 3.05) is 12.4 Å². The van der Waals surface area contributed by atoms with Crippen LogP contribution >= 0.6 is 0 Å². The summed E-state index contributed by atoms with van der Waals surface area (Å²) in [4.78, 5) is 0. The Morgan fingerprint density at radius 3 is 2.83 bits per heavy atom. The van der Waals surface area contributed by atoms with Gasteiger partial charge in [-0.05, 0) is 28.1 Å². The van der Waals surface area contributed by atoms with Crippen molar-refractivity contribution in [2.24, 2.45) is 0 Å². The van der Waals surface area contributed by atoms with E-state index in [2.05, 4.69) is 25.9 Å². The molecule has 2 aromatic heterocycles. The standard InChI is InChI=1S/C16H14N6O/c1-23-12-6-4-5-11(9-12)10-17-15-13-7-2-3-8-14(13)16-18-20-21-22(16)19-15/h2-9H,10H2,1H3,(H,17,19). The smallest absolute Gasteiger partial charge is 0.207 e. The SMILES string of the molecule is COc1cccc(CNc2nn3nnnc3c3ccccc23)c1. The van der Waals surface area contributed by atoms with Crippen molar-refractivity contribution in [2.45, 2.75) is 6.54 Å². The first kappa shape index (κ1) is 13.4. The van der Waals surface area contributed by atoms with Crippen LogP contribution in [0.15, 0.2) is 48.5 Å². The molecule has 2 aromatic carbocycles. The van der Waals surface area contributed by atoms with Gasteiger partial charge in [0.15, 0.2) is 5.82 Å². The van der Waals surface area contributed by atoms with Crippen LogP contribution in [0, 0.1) is 0 Å². The number of aromatic nitrogens is 5. The minimum atomic E-state index is 0.627. The molecular formula is C16H14N6O. The van der Waals surface area contributed by atoms with Crippen LogP contribution in [0.1, 0.15) is 5.56 Å². The zero-order chi connectivity index (χ0) is 15.6. The molecule has 7 heteroatoms. The van der Waals surface area contributed by atoms with Gasteiger partial charge in [0, 0.05) is 17.3 Å². The first-order chi connectivity index (χ1) is 11.3. The van der Waals surface area contributed by atoms with Gasteiger partial charge in [-0.15, -0.1) is 14.8 Å². The van der Waals surface area contributed by atoms with Gasteiger partial charge in [-0.25, -0.2) is 0 Å². The molecular weight excluding hydrogens is 292 g/mol. The van der Waals surface area contributed by atoms with E-state index in [1.807, 2.05) is 48.5 Å². The lowest BCUT2D eigenvalue weighted by atomic mass is 10.1. The van der Waals surface area contributed by atoms with Crippen LogP contribution in [0.5, 0.6) is 5.75 Å². The highest BCUT2D eigenvalue weighted by Gasteiger charge is 2.10. The number of benzene rings is 2. The fourth-order valence-electron chi connectivity index (χ4n) is 2.54. The van der Waals surface area contributed by atoms with Crippen LogP contribution < -0.4 is 10.1 Å². The van der Waals surface area contributed by atoms with Gasteiger partial charge in [-0.2, -0.15) is 0 Å². The number of anilines is 1. The molecule has 0 saturated carbocycles. The molecule has 0 aliphatic carbocycles. The van der Waals surface area contributed by atoms with E-state index in [-0.39, 0.29) is 0 Å². The Labute approximate surface area is 131 Å². The van der Waals surface area contributed by atoms with Gasteiger partial charge in [0.1, 0.15) is 5.75 Å². The minimum absolute atomic E-state index is 0.627. The fourth-order valence-corrected chi connectivity index (χ4v) is 2.54. The van der Waals surface area contributed by atoms with Gasteiger partial charge < -0.3 is 10.1 Å². The number of nitrogens with one attached hydrogen (secondary N) is 1. The molecule has 0 unspecified atom stereocenters. The van der Waals surface area contributed by atoms with Gasteiger partial charge in [0.05, 0.1) is 7.11 Å². The Hall–Kier alpha value is -3.22. The van der Waals surface area contributed by atoms with Gasteiger partial charge in [0.25, 0.3) is 0 Å². The third-order valence-electron chi connectivity index (χ3n) is 3.67. The van der Waals surface area contributed by atoms with Crippen LogP contribution in [-0.4, -0.2) is 32.4 Å². The van der Waals surface area contributed by atoms with E-state index >= 15 is 0 Å². The van der Waals surface area contributed by atoms with Crippen LogP contribution in [0.25, 0.3) is 16.4 Å². The van der Waals surface area contributed by atoms with E-state index in [9.17, 15) is 0 Å². The first-order valence-electron chi connectivity index (χ1n) is 7.19. The molecule has 1 N–H and O–H groups in total. The summed E-state index contributed by atoms with van der Waals surface area (Å²) in [6.07, 6.45) is 0. The first-order valence-corrected chi connectivity index (χ1v) is 7.19. The normalized spacial score (nSPS) is 11.0. The summed E-state index contributed by atoms with van der Waals surface area (Å²) < 4.78 is 6.69. The molecule has 0 aliphatic heterocycles. The summed E-state index contributed by atoms with van der Waals surface area (Å²) in [5, 5.41) is 21.4. The Balaban J connectivity index is 1.72. The van der Waals surface area contributed by atoms with E-state index in [1.54, 1.807) is 7.11 Å². The summed E-state index contributed by atoms with van der Waals surface area (Å²) in [5.41, 5.74) is 1.75. The molecule has 4 rings (SSSR count). The maximum atomic E-state index is 5.25. The van der Waals surface area contributed by atoms with Crippen molar-refractivity contribution in [3.05, 3.63) is 54.1 Å². The molecule has 0 atom stereocenters. The Morgan fingerprint density at radius 2 is 1.96 bits per heavy atom. The number of ether oxygens (including phenoxy) is 1. The number of methoxy groups -OCH3 is 1. The van der Waals surface area contributed by atoms with E-state index in [0.29, 0.717) is 12.2 Å². The largest absolute Gasteiger partial charge is 0.497 e. The monoisotopic (exact) mass is 306 g/mol. The molecule has 7 nitrogen and oxygen atoms in total. The predicted octanol–water partition coefficient (Wildman–Crippen LogP) is 2.29. The summed E-state index contributed by atoms with van der Waals surface area (Å²) >= 11 is 0. The summed E-state index contributed by atoms with van der Waals surface area (Å²) in [6.45, 7) is 0.627. The lowest BCUT2D eigenvalue weighted by molar-refractivity contribution is 0.414. The number of rotatable bonds is 4. The number of fused-ring (bicyclic) bond motifs is 3. The van der Waals surface area contributed by atoms with Gasteiger partial charge in [-0.3, -0.25) is 0 Å². The highest BCUT2D eigenvalue weighted by Crippen LogP contribution is 2.24. The fraction of sp³-hybridized carbons (Fsp3) is 0.125. The van der Waals surface area contributed by atoms with Crippen molar-refractivity contribution < 1.29 is 4.74 Å². The molecule has 0 spiro atoms. The number of tetrazole rings is 1. The number of nitrogens with zero attached hydrogens (tertiary/aromatic N) is 5. The topological polar surface area (TPSA) is 77.2 Å². The molecule has 23 heavy (non-hydrogen) atoms.